The minimum atomic E-state index is -0.923. The second kappa shape index (κ2) is 6.17. The largest absolute Gasteiger partial charge is 0.480 e. The Balaban J connectivity index is 1.56. The van der Waals surface area contributed by atoms with Gasteiger partial charge in [0.15, 0.2) is 0 Å². The molecule has 1 aromatic rings. The van der Waals surface area contributed by atoms with Gasteiger partial charge in [-0.25, -0.2) is 4.79 Å². The van der Waals surface area contributed by atoms with Gasteiger partial charge in [-0.2, -0.15) is 0 Å². The molecule has 0 spiro atoms. The normalized spacial score (nSPS) is 28.0. The molecule has 3 atom stereocenters. The number of aliphatic carboxylic acids is 1. The van der Waals surface area contributed by atoms with Crippen molar-refractivity contribution in [3.05, 3.63) is 29.8 Å². The van der Waals surface area contributed by atoms with E-state index in [4.69, 9.17) is 0 Å². The van der Waals surface area contributed by atoms with Gasteiger partial charge in [-0.3, -0.25) is 9.59 Å². The Morgan fingerprint density at radius 3 is 2.76 bits per heavy atom. The summed E-state index contributed by atoms with van der Waals surface area (Å²) in [6.07, 6.45) is 3.98. The fourth-order valence-electron chi connectivity index (χ4n) is 4.77. The molecule has 0 aromatic heterocycles. The van der Waals surface area contributed by atoms with Crippen molar-refractivity contribution in [2.24, 2.45) is 11.8 Å². The van der Waals surface area contributed by atoms with Crippen LogP contribution in [0, 0.1) is 11.8 Å². The average molecular weight is 342 g/mol. The fraction of sp³-hybridized carbons (Fsp3) is 0.526. The predicted molar refractivity (Wildman–Crippen MR) is 91.1 cm³/mol. The molecule has 0 bridgehead atoms. The summed E-state index contributed by atoms with van der Waals surface area (Å²) in [4.78, 5) is 40.0. The van der Waals surface area contributed by atoms with Crippen LogP contribution in [0.25, 0.3) is 0 Å². The zero-order valence-electron chi connectivity index (χ0n) is 14.1. The molecule has 2 fully saturated rings. The second-order valence-corrected chi connectivity index (χ2v) is 7.29. The maximum Gasteiger partial charge on any atom is 0.326 e. The highest BCUT2D eigenvalue weighted by Gasteiger charge is 2.49. The lowest BCUT2D eigenvalue weighted by atomic mass is 9.94. The highest BCUT2D eigenvalue weighted by molar-refractivity contribution is 6.01. The van der Waals surface area contributed by atoms with E-state index in [9.17, 15) is 19.5 Å². The molecule has 2 aliphatic heterocycles. The second-order valence-electron chi connectivity index (χ2n) is 7.29. The van der Waals surface area contributed by atoms with Gasteiger partial charge < -0.3 is 14.9 Å². The van der Waals surface area contributed by atoms with Crippen LogP contribution in [0.1, 0.15) is 31.2 Å². The van der Waals surface area contributed by atoms with Gasteiger partial charge in [0.25, 0.3) is 0 Å². The van der Waals surface area contributed by atoms with Gasteiger partial charge in [-0.1, -0.05) is 24.6 Å². The Hall–Kier alpha value is -2.37. The van der Waals surface area contributed by atoms with Gasteiger partial charge in [-0.05, 0) is 42.7 Å². The van der Waals surface area contributed by atoms with Gasteiger partial charge in [0, 0.05) is 18.7 Å². The lowest BCUT2D eigenvalue weighted by molar-refractivity contribution is -0.149. The molecule has 1 saturated carbocycles. The number of carbonyl (C=O) groups is 3. The van der Waals surface area contributed by atoms with Gasteiger partial charge >= 0.3 is 5.97 Å². The number of anilines is 1. The smallest absolute Gasteiger partial charge is 0.326 e. The molecule has 3 aliphatic rings. The molecule has 6 heteroatoms. The van der Waals surface area contributed by atoms with Crippen LogP contribution in [-0.2, 0) is 20.8 Å². The van der Waals surface area contributed by atoms with E-state index < -0.39 is 12.0 Å². The molecule has 1 aliphatic carbocycles. The van der Waals surface area contributed by atoms with Crippen LogP contribution in [-0.4, -0.2) is 46.9 Å². The predicted octanol–water partition coefficient (Wildman–Crippen LogP) is 1.68. The van der Waals surface area contributed by atoms with Crippen LogP contribution in [0.5, 0.6) is 0 Å². The zero-order chi connectivity index (χ0) is 17.6. The van der Waals surface area contributed by atoms with Crippen LogP contribution in [0.3, 0.4) is 0 Å². The third-order valence-corrected chi connectivity index (χ3v) is 5.95. The topological polar surface area (TPSA) is 77.9 Å². The van der Waals surface area contributed by atoms with Crippen LogP contribution < -0.4 is 4.90 Å². The summed E-state index contributed by atoms with van der Waals surface area (Å²) >= 11 is 0. The van der Waals surface area contributed by atoms with Gasteiger partial charge in [0.1, 0.15) is 12.6 Å². The van der Waals surface area contributed by atoms with Crippen molar-refractivity contribution in [3.8, 4) is 0 Å². The standard InChI is InChI=1S/C19H22N2O4/c22-16-9-8-12-4-1-2-7-15(12)20(16)11-17(23)21-10-13-5-3-6-14(13)18(21)19(24)25/h1-2,4,7,13-14,18H,3,5-6,8-11H2,(H,24,25). The van der Waals surface area contributed by atoms with Crippen molar-refractivity contribution in [1.29, 1.82) is 0 Å². The number of rotatable bonds is 3. The molecule has 0 radical (unpaired) electrons. The van der Waals surface area contributed by atoms with Crippen molar-refractivity contribution in [3.63, 3.8) is 0 Å². The SMILES string of the molecule is O=C(O)C1C2CCCC2CN1C(=O)CN1C(=O)CCc2ccccc21. The molecule has 3 unspecified atom stereocenters. The number of nitrogens with zero attached hydrogens (tertiary/aromatic N) is 2. The third kappa shape index (κ3) is 2.69. The number of fused-ring (bicyclic) bond motifs is 2. The lowest BCUT2D eigenvalue weighted by Crippen LogP contribution is -2.49. The Labute approximate surface area is 146 Å². The number of carbonyl (C=O) groups excluding carboxylic acids is 2. The van der Waals surface area contributed by atoms with Gasteiger partial charge in [0.2, 0.25) is 11.8 Å². The van der Waals surface area contributed by atoms with E-state index in [1.54, 1.807) is 0 Å². The number of amides is 2. The Kier molecular flexibility index (Phi) is 3.98. The maximum atomic E-state index is 12.9. The number of likely N-dealkylation sites (tertiary alicyclic amines) is 1. The van der Waals surface area contributed by atoms with Crippen molar-refractivity contribution < 1.29 is 19.5 Å². The van der Waals surface area contributed by atoms with Crippen molar-refractivity contribution >= 4 is 23.5 Å². The molecule has 2 heterocycles. The summed E-state index contributed by atoms with van der Waals surface area (Å²) < 4.78 is 0. The first-order valence-electron chi connectivity index (χ1n) is 8.97. The van der Waals surface area contributed by atoms with Crippen LogP contribution >= 0.6 is 0 Å². The van der Waals surface area contributed by atoms with E-state index >= 15 is 0 Å². The molecule has 132 valence electrons. The third-order valence-electron chi connectivity index (χ3n) is 5.95. The van der Waals surface area contributed by atoms with Crippen molar-refractivity contribution in [2.75, 3.05) is 18.0 Å². The maximum absolute atomic E-state index is 12.9. The van der Waals surface area contributed by atoms with E-state index in [-0.39, 0.29) is 30.2 Å². The van der Waals surface area contributed by atoms with E-state index in [0.717, 1.165) is 30.5 Å². The highest BCUT2D eigenvalue weighted by atomic mass is 16.4. The molecule has 2 amide bonds. The molecule has 6 nitrogen and oxygen atoms in total. The van der Waals surface area contributed by atoms with Crippen molar-refractivity contribution in [2.45, 2.75) is 38.1 Å². The van der Waals surface area contributed by atoms with Crippen LogP contribution in [0.15, 0.2) is 24.3 Å². The molecular weight excluding hydrogens is 320 g/mol. The monoisotopic (exact) mass is 342 g/mol. The summed E-state index contributed by atoms with van der Waals surface area (Å²) in [6.45, 7) is 0.434. The summed E-state index contributed by atoms with van der Waals surface area (Å²) in [5.41, 5.74) is 1.83. The first kappa shape index (κ1) is 16.1. The Bertz CT molecular complexity index is 732. The van der Waals surface area contributed by atoms with Gasteiger partial charge in [-0.15, -0.1) is 0 Å². The number of carboxylic acid groups (broad SMARTS) is 1. The van der Waals surface area contributed by atoms with Crippen LogP contribution in [0.2, 0.25) is 0 Å². The highest BCUT2D eigenvalue weighted by Crippen LogP contribution is 2.42. The number of aryl methyl sites for hydroxylation is 1. The molecular formula is C19H22N2O4. The Morgan fingerprint density at radius 2 is 1.96 bits per heavy atom. The zero-order valence-corrected chi connectivity index (χ0v) is 14.1. The average Bonchev–Trinajstić information content (AvgIpc) is 3.17. The number of hydrogen-bond acceptors (Lipinski definition) is 3. The van der Waals surface area contributed by atoms with E-state index in [1.807, 2.05) is 24.3 Å². The minimum Gasteiger partial charge on any atom is -0.480 e. The van der Waals surface area contributed by atoms with E-state index in [1.165, 1.54) is 9.80 Å². The fourth-order valence-corrected chi connectivity index (χ4v) is 4.77. The molecule has 1 aromatic carbocycles. The van der Waals surface area contributed by atoms with Crippen molar-refractivity contribution in [1.82, 2.24) is 4.90 Å². The van der Waals surface area contributed by atoms with E-state index in [2.05, 4.69) is 0 Å². The molecule has 1 N–H and O–H groups in total. The summed E-state index contributed by atoms with van der Waals surface area (Å²) in [5.74, 6) is -0.904. The van der Waals surface area contributed by atoms with Crippen LogP contribution in [0.4, 0.5) is 5.69 Å². The van der Waals surface area contributed by atoms with Gasteiger partial charge in [0.05, 0.1) is 0 Å². The first-order chi connectivity index (χ1) is 12.1. The van der Waals surface area contributed by atoms with E-state index in [0.29, 0.717) is 19.4 Å². The summed E-state index contributed by atoms with van der Waals surface area (Å²) in [6, 6.07) is 6.87. The minimum absolute atomic E-state index is 0.0609. The summed E-state index contributed by atoms with van der Waals surface area (Å²) in [5, 5.41) is 9.62. The molecule has 1 saturated heterocycles. The number of hydrogen-bond donors (Lipinski definition) is 1. The summed E-state index contributed by atoms with van der Waals surface area (Å²) in [7, 11) is 0. The molecule has 25 heavy (non-hydrogen) atoms. The first-order valence-corrected chi connectivity index (χ1v) is 8.97. The number of carboxylic acids is 1. The number of para-hydroxylation sites is 1. The Morgan fingerprint density at radius 1 is 1.16 bits per heavy atom. The lowest BCUT2D eigenvalue weighted by Gasteiger charge is -2.32. The molecule has 4 rings (SSSR count). The number of benzene rings is 1. The quantitative estimate of drug-likeness (QED) is 0.906.